The van der Waals surface area contributed by atoms with Gasteiger partial charge in [-0.3, -0.25) is 4.79 Å². The van der Waals surface area contributed by atoms with Gasteiger partial charge in [0.2, 0.25) is 5.91 Å². The van der Waals surface area contributed by atoms with E-state index in [1.165, 1.54) is 11.6 Å². The highest BCUT2D eigenvalue weighted by Gasteiger charge is 2.20. The normalized spacial score (nSPS) is 11.5. The molecule has 0 bridgehead atoms. The van der Waals surface area contributed by atoms with Gasteiger partial charge in [-0.25, -0.2) is 4.57 Å². The van der Waals surface area contributed by atoms with E-state index in [2.05, 4.69) is 10.2 Å². The van der Waals surface area contributed by atoms with Gasteiger partial charge in [0.25, 0.3) is 0 Å². The Balaban J connectivity index is 2.23. The Morgan fingerprint density at radius 3 is 2.57 bits per heavy atom. The number of fused-ring (bicyclic) bond motifs is 1. The van der Waals surface area contributed by atoms with Crippen molar-refractivity contribution in [3.05, 3.63) is 41.2 Å². The van der Waals surface area contributed by atoms with E-state index in [0.29, 0.717) is 22.2 Å². The lowest BCUT2D eigenvalue weighted by Gasteiger charge is -2.05. The molecule has 0 aliphatic heterocycles. The molecule has 6 heteroatoms. The van der Waals surface area contributed by atoms with Crippen molar-refractivity contribution in [2.45, 2.75) is 26.7 Å². The van der Waals surface area contributed by atoms with Crippen LogP contribution in [0.3, 0.4) is 0 Å². The van der Waals surface area contributed by atoms with Crippen LogP contribution in [-0.4, -0.2) is 25.3 Å². The van der Waals surface area contributed by atoms with Crippen LogP contribution in [0.2, 0.25) is 5.02 Å². The van der Waals surface area contributed by atoms with Crippen LogP contribution in [0.15, 0.2) is 30.3 Å². The van der Waals surface area contributed by atoms with Crippen molar-refractivity contribution in [2.24, 2.45) is 0 Å². The second-order valence-electron chi connectivity index (χ2n) is 5.22. The van der Waals surface area contributed by atoms with Gasteiger partial charge in [-0.15, -0.1) is 14.8 Å². The summed E-state index contributed by atoms with van der Waals surface area (Å²) in [5, 5.41) is 9.47. The SMILES string of the molecule is CC(=O)n1c(C(C)C)nn2nc(-c3ccccc3Cl)cc12. The van der Waals surface area contributed by atoms with Crippen LogP contribution in [0.25, 0.3) is 16.9 Å². The molecule has 21 heavy (non-hydrogen) atoms. The first kappa shape index (κ1) is 13.8. The van der Waals surface area contributed by atoms with Crippen LogP contribution in [0.5, 0.6) is 0 Å². The number of hydrogen-bond donors (Lipinski definition) is 0. The molecule has 2 aromatic heterocycles. The van der Waals surface area contributed by atoms with Crippen molar-refractivity contribution in [3.8, 4) is 11.3 Å². The molecule has 0 amide bonds. The van der Waals surface area contributed by atoms with Gasteiger partial charge in [0.15, 0.2) is 5.65 Å². The standard InChI is InChI=1S/C15H15ClN4O/c1-9(2)15-18-20-14(19(15)10(3)21)8-13(17-20)11-6-4-5-7-12(11)16/h4-9H,1-3H3. The number of carbonyl (C=O) groups excluding carboxylic acids is 1. The summed E-state index contributed by atoms with van der Waals surface area (Å²) in [6.45, 7) is 5.52. The smallest absolute Gasteiger partial charge is 0.230 e. The molecule has 1 aromatic carbocycles. The number of carbonyl (C=O) groups is 1. The van der Waals surface area contributed by atoms with E-state index in [1.807, 2.05) is 44.2 Å². The Morgan fingerprint density at radius 1 is 1.24 bits per heavy atom. The van der Waals surface area contributed by atoms with Gasteiger partial charge in [-0.05, 0) is 6.07 Å². The number of nitrogens with zero attached hydrogens (tertiary/aromatic N) is 4. The highest BCUT2D eigenvalue weighted by Crippen LogP contribution is 2.28. The van der Waals surface area contributed by atoms with Crippen molar-refractivity contribution in [1.29, 1.82) is 0 Å². The topological polar surface area (TPSA) is 52.2 Å². The summed E-state index contributed by atoms with van der Waals surface area (Å²) >= 11 is 6.19. The number of benzene rings is 1. The van der Waals surface area contributed by atoms with E-state index < -0.39 is 0 Å². The maximum absolute atomic E-state index is 11.9. The molecule has 0 saturated carbocycles. The quantitative estimate of drug-likeness (QED) is 0.726. The van der Waals surface area contributed by atoms with Gasteiger partial charge < -0.3 is 0 Å². The minimum atomic E-state index is -0.0770. The van der Waals surface area contributed by atoms with Gasteiger partial charge in [0.05, 0.1) is 10.7 Å². The molecule has 0 radical (unpaired) electrons. The van der Waals surface area contributed by atoms with Gasteiger partial charge in [-0.1, -0.05) is 43.6 Å². The Bertz CT molecular complexity index is 831. The van der Waals surface area contributed by atoms with Crippen molar-refractivity contribution in [3.63, 3.8) is 0 Å². The van der Waals surface area contributed by atoms with Crippen molar-refractivity contribution in [1.82, 2.24) is 19.4 Å². The van der Waals surface area contributed by atoms with E-state index in [4.69, 9.17) is 11.6 Å². The first-order valence-corrected chi connectivity index (χ1v) is 7.11. The Hall–Kier alpha value is -2.14. The Kier molecular flexibility index (Phi) is 3.29. The zero-order valence-electron chi connectivity index (χ0n) is 12.0. The predicted molar refractivity (Wildman–Crippen MR) is 81.8 cm³/mol. The summed E-state index contributed by atoms with van der Waals surface area (Å²) in [5.74, 6) is 0.766. The average molecular weight is 303 g/mol. The summed E-state index contributed by atoms with van der Waals surface area (Å²) in [6.07, 6.45) is 0. The molecule has 5 nitrogen and oxygen atoms in total. The molecule has 108 valence electrons. The maximum Gasteiger partial charge on any atom is 0.230 e. The molecule has 0 fully saturated rings. The summed E-state index contributed by atoms with van der Waals surface area (Å²) in [5.41, 5.74) is 2.18. The first-order chi connectivity index (χ1) is 9.99. The lowest BCUT2D eigenvalue weighted by atomic mass is 10.1. The lowest BCUT2D eigenvalue weighted by Crippen LogP contribution is -2.11. The third-order valence-corrected chi connectivity index (χ3v) is 3.64. The second-order valence-corrected chi connectivity index (χ2v) is 5.63. The van der Waals surface area contributed by atoms with Crippen LogP contribution in [0, 0.1) is 0 Å². The molecule has 0 aliphatic carbocycles. The monoisotopic (exact) mass is 302 g/mol. The predicted octanol–water partition coefficient (Wildman–Crippen LogP) is 3.63. The molecular weight excluding hydrogens is 288 g/mol. The fourth-order valence-corrected chi connectivity index (χ4v) is 2.58. The van der Waals surface area contributed by atoms with E-state index >= 15 is 0 Å². The van der Waals surface area contributed by atoms with Crippen LogP contribution < -0.4 is 0 Å². The lowest BCUT2D eigenvalue weighted by molar-refractivity contribution is 0.0936. The third-order valence-electron chi connectivity index (χ3n) is 3.31. The van der Waals surface area contributed by atoms with Gasteiger partial charge in [0, 0.05) is 24.5 Å². The van der Waals surface area contributed by atoms with Crippen LogP contribution in [0.1, 0.15) is 37.3 Å². The zero-order chi connectivity index (χ0) is 15.1. The van der Waals surface area contributed by atoms with E-state index in [1.54, 1.807) is 4.57 Å². The summed E-state index contributed by atoms with van der Waals surface area (Å²) in [7, 11) is 0. The minimum Gasteiger partial charge on any atom is -0.274 e. The number of halogens is 1. The highest BCUT2D eigenvalue weighted by molar-refractivity contribution is 6.33. The van der Waals surface area contributed by atoms with Crippen LogP contribution >= 0.6 is 11.6 Å². The molecule has 0 saturated heterocycles. The number of rotatable bonds is 2. The molecule has 0 N–H and O–H groups in total. The molecule has 0 unspecified atom stereocenters. The third kappa shape index (κ3) is 2.23. The first-order valence-electron chi connectivity index (χ1n) is 6.73. The number of hydrogen-bond acceptors (Lipinski definition) is 3. The van der Waals surface area contributed by atoms with Crippen LogP contribution in [0.4, 0.5) is 0 Å². The summed E-state index contributed by atoms with van der Waals surface area (Å²) in [4.78, 5) is 11.9. The van der Waals surface area contributed by atoms with Gasteiger partial charge >= 0.3 is 0 Å². The van der Waals surface area contributed by atoms with Crippen molar-refractivity contribution in [2.75, 3.05) is 0 Å². The van der Waals surface area contributed by atoms with E-state index in [-0.39, 0.29) is 11.8 Å². The molecule has 0 atom stereocenters. The molecular formula is C15H15ClN4O. The minimum absolute atomic E-state index is 0.0770. The summed E-state index contributed by atoms with van der Waals surface area (Å²) < 4.78 is 3.09. The molecule has 0 aliphatic rings. The molecule has 3 aromatic rings. The molecule has 3 rings (SSSR count). The summed E-state index contributed by atoms with van der Waals surface area (Å²) in [6, 6.07) is 9.31. The Labute approximate surface area is 127 Å². The van der Waals surface area contributed by atoms with Crippen LogP contribution in [-0.2, 0) is 0 Å². The zero-order valence-corrected chi connectivity index (χ0v) is 12.8. The molecule has 2 heterocycles. The number of aromatic nitrogens is 4. The van der Waals surface area contributed by atoms with E-state index in [0.717, 1.165) is 5.56 Å². The second kappa shape index (κ2) is 5.00. The largest absolute Gasteiger partial charge is 0.274 e. The fourth-order valence-electron chi connectivity index (χ4n) is 2.35. The Morgan fingerprint density at radius 2 is 1.95 bits per heavy atom. The fraction of sp³-hybridized carbons (Fsp3) is 0.267. The van der Waals surface area contributed by atoms with Gasteiger partial charge in [0.1, 0.15) is 5.82 Å². The maximum atomic E-state index is 11.9. The average Bonchev–Trinajstić information content (AvgIpc) is 2.95. The van der Waals surface area contributed by atoms with E-state index in [9.17, 15) is 4.79 Å². The highest BCUT2D eigenvalue weighted by atomic mass is 35.5. The van der Waals surface area contributed by atoms with Crippen molar-refractivity contribution < 1.29 is 4.79 Å². The van der Waals surface area contributed by atoms with Crippen molar-refractivity contribution >= 4 is 23.2 Å². The van der Waals surface area contributed by atoms with Gasteiger partial charge in [-0.2, -0.15) is 0 Å². The molecule has 0 spiro atoms.